The van der Waals surface area contributed by atoms with Crippen molar-refractivity contribution < 1.29 is 4.79 Å². The Kier molecular flexibility index (Phi) is 5.32. The molecule has 0 radical (unpaired) electrons. The third-order valence-electron chi connectivity index (χ3n) is 4.95. The fourth-order valence-corrected chi connectivity index (χ4v) is 3.57. The average molecular weight is 376 g/mol. The second kappa shape index (κ2) is 8.21. The zero-order valence-electron chi connectivity index (χ0n) is 16.0. The standard InChI is InChI=1S/C21H24N6O/c1-2-9-26-15-18(11-19(26)28)27-10-8-22-20(27)17-13-24-21(25-14-17)23-12-16-6-4-3-5-7-16/h3-8,10,13-14,18H,2,9,11-12,15H2,1H3,(H,23,24,25). The molecule has 0 saturated carbocycles. The van der Waals surface area contributed by atoms with Gasteiger partial charge in [0.15, 0.2) is 0 Å². The van der Waals surface area contributed by atoms with Crippen molar-refractivity contribution in [3.63, 3.8) is 0 Å². The van der Waals surface area contributed by atoms with Crippen LogP contribution in [0.3, 0.4) is 0 Å². The number of imidazole rings is 1. The lowest BCUT2D eigenvalue weighted by Crippen LogP contribution is -2.26. The zero-order chi connectivity index (χ0) is 19.3. The second-order valence-electron chi connectivity index (χ2n) is 6.99. The van der Waals surface area contributed by atoms with Gasteiger partial charge in [-0.2, -0.15) is 0 Å². The molecule has 3 heterocycles. The van der Waals surface area contributed by atoms with Crippen molar-refractivity contribution in [3.8, 4) is 11.4 Å². The van der Waals surface area contributed by atoms with Gasteiger partial charge >= 0.3 is 0 Å². The quantitative estimate of drug-likeness (QED) is 0.686. The van der Waals surface area contributed by atoms with E-state index in [2.05, 4.69) is 43.9 Å². The first-order valence-electron chi connectivity index (χ1n) is 9.65. The Morgan fingerprint density at radius 3 is 2.68 bits per heavy atom. The maximum Gasteiger partial charge on any atom is 0.224 e. The van der Waals surface area contributed by atoms with E-state index in [1.807, 2.05) is 29.3 Å². The van der Waals surface area contributed by atoms with Gasteiger partial charge in [-0.25, -0.2) is 15.0 Å². The lowest BCUT2D eigenvalue weighted by molar-refractivity contribution is -0.127. The fourth-order valence-electron chi connectivity index (χ4n) is 3.57. The molecule has 4 rings (SSSR count). The van der Waals surface area contributed by atoms with E-state index >= 15 is 0 Å². The van der Waals surface area contributed by atoms with Crippen LogP contribution in [-0.4, -0.2) is 43.4 Å². The summed E-state index contributed by atoms with van der Waals surface area (Å²) in [4.78, 5) is 27.5. The van der Waals surface area contributed by atoms with Gasteiger partial charge in [0.1, 0.15) is 5.82 Å². The molecule has 1 N–H and O–H groups in total. The molecule has 2 aromatic heterocycles. The van der Waals surface area contributed by atoms with Gasteiger partial charge in [-0.1, -0.05) is 37.3 Å². The van der Waals surface area contributed by atoms with Gasteiger partial charge in [0.2, 0.25) is 11.9 Å². The average Bonchev–Trinajstić information content (AvgIpc) is 3.35. The summed E-state index contributed by atoms with van der Waals surface area (Å²) in [6.45, 7) is 4.30. The Hall–Kier alpha value is -3.22. The molecule has 3 aromatic rings. The van der Waals surface area contributed by atoms with Gasteiger partial charge in [0, 0.05) is 50.8 Å². The van der Waals surface area contributed by atoms with Gasteiger partial charge in [-0.3, -0.25) is 4.79 Å². The molecule has 0 aliphatic carbocycles. The van der Waals surface area contributed by atoms with Crippen LogP contribution in [-0.2, 0) is 11.3 Å². The number of aromatic nitrogens is 4. The summed E-state index contributed by atoms with van der Waals surface area (Å²) in [5.41, 5.74) is 2.02. The van der Waals surface area contributed by atoms with Crippen LogP contribution in [0, 0.1) is 0 Å². The molecule has 1 saturated heterocycles. The third kappa shape index (κ3) is 3.88. The van der Waals surface area contributed by atoms with Gasteiger partial charge < -0.3 is 14.8 Å². The van der Waals surface area contributed by atoms with Crippen molar-refractivity contribution in [2.45, 2.75) is 32.4 Å². The molecule has 144 valence electrons. The molecule has 0 bridgehead atoms. The monoisotopic (exact) mass is 376 g/mol. The molecular formula is C21H24N6O. The van der Waals surface area contributed by atoms with Gasteiger partial charge in [-0.15, -0.1) is 0 Å². The van der Waals surface area contributed by atoms with Gasteiger partial charge in [0.25, 0.3) is 0 Å². The van der Waals surface area contributed by atoms with E-state index in [1.165, 1.54) is 5.56 Å². The Labute approximate surface area is 164 Å². The number of carbonyl (C=O) groups excluding carboxylic acids is 1. The zero-order valence-corrected chi connectivity index (χ0v) is 16.0. The number of benzene rings is 1. The van der Waals surface area contributed by atoms with Crippen molar-refractivity contribution in [1.29, 1.82) is 0 Å². The summed E-state index contributed by atoms with van der Waals surface area (Å²) in [6, 6.07) is 10.2. The van der Waals surface area contributed by atoms with Crippen LogP contribution in [0.5, 0.6) is 0 Å². The second-order valence-corrected chi connectivity index (χ2v) is 6.99. The predicted molar refractivity (Wildman–Crippen MR) is 108 cm³/mol. The Bertz CT molecular complexity index is 922. The minimum absolute atomic E-state index is 0.104. The summed E-state index contributed by atoms with van der Waals surface area (Å²) >= 11 is 0. The number of hydrogen-bond donors (Lipinski definition) is 1. The molecule has 1 amide bonds. The van der Waals surface area contributed by atoms with Crippen molar-refractivity contribution >= 4 is 11.9 Å². The highest BCUT2D eigenvalue weighted by molar-refractivity contribution is 5.79. The first-order chi connectivity index (χ1) is 13.7. The van der Waals surface area contributed by atoms with Crippen LogP contribution in [0.25, 0.3) is 11.4 Å². The molecule has 0 spiro atoms. The molecule has 7 nitrogen and oxygen atoms in total. The number of likely N-dealkylation sites (tertiary alicyclic amines) is 1. The topological polar surface area (TPSA) is 75.9 Å². The smallest absolute Gasteiger partial charge is 0.224 e. The Balaban J connectivity index is 1.45. The molecule has 1 atom stereocenters. The summed E-state index contributed by atoms with van der Waals surface area (Å²) in [5, 5.41) is 3.23. The van der Waals surface area contributed by atoms with Crippen LogP contribution in [0.1, 0.15) is 31.4 Å². The van der Waals surface area contributed by atoms with E-state index in [1.54, 1.807) is 18.6 Å². The van der Waals surface area contributed by atoms with Crippen LogP contribution in [0.4, 0.5) is 5.95 Å². The summed E-state index contributed by atoms with van der Waals surface area (Å²) in [7, 11) is 0. The maximum absolute atomic E-state index is 12.2. The number of anilines is 1. The first kappa shape index (κ1) is 18.2. The number of rotatable bonds is 7. The van der Waals surface area contributed by atoms with Crippen molar-refractivity contribution in [3.05, 3.63) is 60.7 Å². The summed E-state index contributed by atoms with van der Waals surface area (Å²) < 4.78 is 2.07. The third-order valence-corrected chi connectivity index (χ3v) is 4.95. The van der Waals surface area contributed by atoms with E-state index in [9.17, 15) is 4.79 Å². The van der Waals surface area contributed by atoms with E-state index in [0.29, 0.717) is 18.9 Å². The highest BCUT2D eigenvalue weighted by Crippen LogP contribution is 2.28. The van der Waals surface area contributed by atoms with Crippen molar-refractivity contribution in [2.75, 3.05) is 18.4 Å². The summed E-state index contributed by atoms with van der Waals surface area (Å²) in [5.74, 6) is 1.59. The van der Waals surface area contributed by atoms with Gasteiger partial charge in [0.05, 0.1) is 11.6 Å². The van der Waals surface area contributed by atoms with Gasteiger partial charge in [-0.05, 0) is 12.0 Å². The van der Waals surface area contributed by atoms with E-state index < -0.39 is 0 Å². The number of nitrogens with zero attached hydrogens (tertiary/aromatic N) is 5. The van der Waals surface area contributed by atoms with Crippen LogP contribution >= 0.6 is 0 Å². The lowest BCUT2D eigenvalue weighted by atomic mass is 10.2. The number of hydrogen-bond acceptors (Lipinski definition) is 5. The molecule has 28 heavy (non-hydrogen) atoms. The molecule has 7 heteroatoms. The van der Waals surface area contributed by atoms with Crippen molar-refractivity contribution in [1.82, 2.24) is 24.4 Å². The molecule has 1 fully saturated rings. The fraction of sp³-hybridized carbons (Fsp3) is 0.333. The molecular weight excluding hydrogens is 352 g/mol. The van der Waals surface area contributed by atoms with E-state index in [-0.39, 0.29) is 11.9 Å². The van der Waals surface area contributed by atoms with Crippen molar-refractivity contribution in [2.24, 2.45) is 0 Å². The number of carbonyl (C=O) groups is 1. The Morgan fingerprint density at radius 2 is 1.93 bits per heavy atom. The minimum atomic E-state index is 0.104. The maximum atomic E-state index is 12.2. The molecule has 1 aliphatic heterocycles. The highest BCUT2D eigenvalue weighted by atomic mass is 16.2. The summed E-state index contributed by atoms with van der Waals surface area (Å²) in [6.07, 6.45) is 8.75. The highest BCUT2D eigenvalue weighted by Gasteiger charge is 2.31. The molecule has 1 aliphatic rings. The Morgan fingerprint density at radius 1 is 1.14 bits per heavy atom. The predicted octanol–water partition coefficient (Wildman–Crippen LogP) is 3.14. The molecule has 1 unspecified atom stereocenters. The number of nitrogens with one attached hydrogen (secondary N) is 1. The largest absolute Gasteiger partial charge is 0.350 e. The van der Waals surface area contributed by atoms with E-state index in [4.69, 9.17) is 0 Å². The van der Waals surface area contributed by atoms with Crippen LogP contribution < -0.4 is 5.32 Å². The van der Waals surface area contributed by atoms with Crippen LogP contribution in [0.2, 0.25) is 0 Å². The first-order valence-corrected chi connectivity index (χ1v) is 9.65. The molecule has 1 aromatic carbocycles. The minimum Gasteiger partial charge on any atom is -0.350 e. The van der Waals surface area contributed by atoms with E-state index in [0.717, 1.165) is 30.9 Å². The SMILES string of the molecule is CCCN1CC(n2ccnc2-c2cnc(NCc3ccccc3)nc2)CC1=O. The lowest BCUT2D eigenvalue weighted by Gasteiger charge is -2.17. The van der Waals surface area contributed by atoms with Crippen LogP contribution in [0.15, 0.2) is 55.1 Å². The number of amides is 1. The normalized spacial score (nSPS) is 16.5.